The number of aromatic nitrogens is 2. The van der Waals surface area contributed by atoms with Crippen LogP contribution in [0.5, 0.6) is 0 Å². The minimum atomic E-state index is -3.47. The third-order valence-corrected chi connectivity index (χ3v) is 7.29. The van der Waals surface area contributed by atoms with Gasteiger partial charge >= 0.3 is 0 Å². The lowest BCUT2D eigenvalue weighted by Crippen LogP contribution is -2.38. The smallest absolute Gasteiger partial charge is 0.202 e. The van der Waals surface area contributed by atoms with Gasteiger partial charge in [-0.1, -0.05) is 30.3 Å². The molecule has 0 spiro atoms. The molecule has 2 heterocycles. The Balaban J connectivity index is 1.53. The zero-order valence-corrected chi connectivity index (χ0v) is 17.0. The van der Waals surface area contributed by atoms with Gasteiger partial charge in [0.2, 0.25) is 9.84 Å². The van der Waals surface area contributed by atoms with Gasteiger partial charge in [0.1, 0.15) is 5.82 Å². The molecule has 0 saturated carbocycles. The van der Waals surface area contributed by atoms with Crippen LogP contribution in [0, 0.1) is 0 Å². The van der Waals surface area contributed by atoms with E-state index >= 15 is 0 Å². The highest BCUT2D eigenvalue weighted by Gasteiger charge is 2.32. The molecule has 1 saturated heterocycles. The summed E-state index contributed by atoms with van der Waals surface area (Å²) in [5.74, 6) is 0.629. The molecule has 0 aliphatic carbocycles. The van der Waals surface area contributed by atoms with Crippen LogP contribution in [0.2, 0.25) is 0 Å². The second-order valence-electron chi connectivity index (χ2n) is 8.05. The van der Waals surface area contributed by atoms with Crippen molar-refractivity contribution in [2.45, 2.75) is 56.0 Å². The number of benzene rings is 1. The normalized spacial score (nSPS) is 17.0. The average Bonchev–Trinajstić information content (AvgIpc) is 2.64. The van der Waals surface area contributed by atoms with Crippen LogP contribution >= 0.6 is 0 Å². The lowest BCUT2D eigenvalue weighted by atomic mass is 10.0. The molecule has 1 aromatic carbocycles. The van der Waals surface area contributed by atoms with Crippen molar-refractivity contribution in [3.05, 3.63) is 48.0 Å². The zero-order chi connectivity index (χ0) is 19.5. The third-order valence-electron chi connectivity index (χ3n) is 4.91. The molecule has 0 atom stereocenters. The van der Waals surface area contributed by atoms with Crippen LogP contribution in [-0.4, -0.2) is 47.4 Å². The van der Waals surface area contributed by atoms with E-state index in [-0.39, 0.29) is 5.03 Å². The van der Waals surface area contributed by atoms with Gasteiger partial charge in [0.05, 0.1) is 4.75 Å². The monoisotopic (exact) mass is 388 g/mol. The van der Waals surface area contributed by atoms with E-state index in [2.05, 4.69) is 44.7 Å². The van der Waals surface area contributed by atoms with E-state index in [9.17, 15) is 8.42 Å². The highest BCUT2D eigenvalue weighted by Crippen LogP contribution is 2.23. The maximum atomic E-state index is 12.4. The first-order valence-electron chi connectivity index (χ1n) is 9.37. The lowest BCUT2D eigenvalue weighted by molar-refractivity contribution is 0.211. The van der Waals surface area contributed by atoms with Gasteiger partial charge in [-0.05, 0) is 51.3 Å². The summed E-state index contributed by atoms with van der Waals surface area (Å²) in [5.41, 5.74) is 1.34. The Kier molecular flexibility index (Phi) is 5.81. The van der Waals surface area contributed by atoms with Crippen LogP contribution in [0.15, 0.2) is 47.5 Å². The molecule has 1 aromatic heterocycles. The number of anilines is 1. The molecule has 6 nitrogen and oxygen atoms in total. The van der Waals surface area contributed by atoms with Gasteiger partial charge < -0.3 is 5.32 Å². The fourth-order valence-electron chi connectivity index (χ4n) is 3.14. The standard InChI is InChI=1S/C20H28N4O2S/c1-20(2,3)27(25,26)19-10-9-18(22-23-19)21-17-11-13-24(14-12-17)15-16-7-5-4-6-8-16/h4-10,17H,11-15H2,1-3H3,(H,21,22). The lowest BCUT2D eigenvalue weighted by Gasteiger charge is -2.32. The van der Waals surface area contributed by atoms with Crippen molar-refractivity contribution in [2.75, 3.05) is 18.4 Å². The topological polar surface area (TPSA) is 75.2 Å². The van der Waals surface area contributed by atoms with Crippen molar-refractivity contribution in [2.24, 2.45) is 0 Å². The Morgan fingerprint density at radius 1 is 1.04 bits per heavy atom. The van der Waals surface area contributed by atoms with Gasteiger partial charge in [0.15, 0.2) is 5.03 Å². The number of nitrogens with one attached hydrogen (secondary N) is 1. The second-order valence-corrected chi connectivity index (χ2v) is 10.7. The molecule has 0 radical (unpaired) electrons. The van der Waals surface area contributed by atoms with Crippen molar-refractivity contribution >= 4 is 15.7 Å². The van der Waals surface area contributed by atoms with E-state index in [0.29, 0.717) is 11.9 Å². The summed E-state index contributed by atoms with van der Waals surface area (Å²) in [6, 6.07) is 14.1. The molecule has 0 amide bonds. The third kappa shape index (κ3) is 4.84. The van der Waals surface area contributed by atoms with Crippen molar-refractivity contribution in [3.8, 4) is 0 Å². The summed E-state index contributed by atoms with van der Waals surface area (Å²) in [6.45, 7) is 8.03. The van der Waals surface area contributed by atoms with Crippen LogP contribution in [0.1, 0.15) is 39.2 Å². The first-order chi connectivity index (χ1) is 12.8. The molecular formula is C20H28N4O2S. The van der Waals surface area contributed by atoms with Crippen LogP contribution in [0.4, 0.5) is 5.82 Å². The van der Waals surface area contributed by atoms with Gasteiger partial charge in [-0.2, -0.15) is 0 Å². The van der Waals surface area contributed by atoms with Crippen LogP contribution in [-0.2, 0) is 16.4 Å². The summed E-state index contributed by atoms with van der Waals surface area (Å²) in [7, 11) is -3.47. The Bertz CT molecular complexity index is 838. The minimum Gasteiger partial charge on any atom is -0.366 e. The Labute approximate surface area is 161 Å². The molecule has 0 unspecified atom stereocenters. The van der Waals surface area contributed by atoms with Crippen molar-refractivity contribution in [1.29, 1.82) is 0 Å². The van der Waals surface area contributed by atoms with Crippen molar-refractivity contribution in [3.63, 3.8) is 0 Å². The van der Waals surface area contributed by atoms with Crippen molar-refractivity contribution in [1.82, 2.24) is 15.1 Å². The van der Waals surface area contributed by atoms with E-state index in [1.165, 1.54) is 5.56 Å². The van der Waals surface area contributed by atoms with Gasteiger partial charge in [-0.25, -0.2) is 8.42 Å². The molecule has 3 rings (SSSR count). The van der Waals surface area contributed by atoms with E-state index in [4.69, 9.17) is 0 Å². The zero-order valence-electron chi connectivity index (χ0n) is 16.2. The van der Waals surface area contributed by atoms with Crippen LogP contribution in [0.3, 0.4) is 0 Å². The summed E-state index contributed by atoms with van der Waals surface area (Å²) < 4.78 is 23.9. The summed E-state index contributed by atoms with van der Waals surface area (Å²) >= 11 is 0. The molecular weight excluding hydrogens is 360 g/mol. The summed E-state index contributed by atoms with van der Waals surface area (Å²) in [4.78, 5) is 2.46. The molecule has 1 aliphatic rings. The SMILES string of the molecule is CC(C)(C)S(=O)(=O)c1ccc(NC2CCN(Cc3ccccc3)CC2)nn1. The highest BCUT2D eigenvalue weighted by molar-refractivity contribution is 7.92. The van der Waals surface area contributed by atoms with Crippen molar-refractivity contribution < 1.29 is 8.42 Å². The fourth-order valence-corrected chi connectivity index (χ4v) is 4.16. The predicted octanol–water partition coefficient (Wildman–Crippen LogP) is 3.13. The maximum Gasteiger partial charge on any atom is 0.202 e. The molecule has 2 aromatic rings. The first-order valence-corrected chi connectivity index (χ1v) is 10.9. The molecule has 27 heavy (non-hydrogen) atoms. The quantitative estimate of drug-likeness (QED) is 0.848. The number of sulfone groups is 1. The second kappa shape index (κ2) is 7.94. The minimum absolute atomic E-state index is 0.0261. The van der Waals surface area contributed by atoms with Gasteiger partial charge in [0, 0.05) is 25.7 Å². The maximum absolute atomic E-state index is 12.4. The molecule has 7 heteroatoms. The molecule has 0 bridgehead atoms. The average molecular weight is 389 g/mol. The van der Waals surface area contributed by atoms with Gasteiger partial charge in [0.25, 0.3) is 0 Å². The highest BCUT2D eigenvalue weighted by atomic mass is 32.2. The molecule has 146 valence electrons. The van der Waals surface area contributed by atoms with E-state index in [0.717, 1.165) is 32.5 Å². The van der Waals surface area contributed by atoms with E-state index in [1.807, 2.05) is 6.07 Å². The summed E-state index contributed by atoms with van der Waals surface area (Å²) in [6.07, 6.45) is 2.05. The Morgan fingerprint density at radius 2 is 1.70 bits per heavy atom. The Hall–Kier alpha value is -1.99. The van der Waals surface area contributed by atoms with Crippen LogP contribution < -0.4 is 5.32 Å². The molecule has 1 fully saturated rings. The number of rotatable bonds is 5. The molecule has 1 aliphatic heterocycles. The first kappa shape index (κ1) is 19.8. The van der Waals surface area contributed by atoms with Gasteiger partial charge in [-0.15, -0.1) is 10.2 Å². The number of hydrogen-bond donors (Lipinski definition) is 1. The Morgan fingerprint density at radius 3 is 2.26 bits per heavy atom. The largest absolute Gasteiger partial charge is 0.366 e. The van der Waals surface area contributed by atoms with Crippen LogP contribution in [0.25, 0.3) is 0 Å². The predicted molar refractivity (Wildman–Crippen MR) is 107 cm³/mol. The number of nitrogens with zero attached hydrogens (tertiary/aromatic N) is 3. The fraction of sp³-hybridized carbons (Fsp3) is 0.500. The van der Waals surface area contributed by atoms with E-state index in [1.54, 1.807) is 32.9 Å². The number of likely N-dealkylation sites (tertiary alicyclic amines) is 1. The summed E-state index contributed by atoms with van der Waals surface area (Å²) in [5, 5.41) is 11.4. The number of piperidine rings is 1. The van der Waals surface area contributed by atoms with E-state index < -0.39 is 14.6 Å². The number of hydrogen-bond acceptors (Lipinski definition) is 6. The van der Waals surface area contributed by atoms with Gasteiger partial charge in [-0.3, -0.25) is 4.90 Å². The molecule has 1 N–H and O–H groups in total.